The van der Waals surface area contributed by atoms with Crippen LogP contribution in [0, 0.1) is 11.8 Å². The lowest BCUT2D eigenvalue weighted by Gasteiger charge is -2.22. The minimum absolute atomic E-state index is 0.0822. The molecule has 2 aromatic rings. The number of ether oxygens (including phenoxy) is 2. The maximum atomic E-state index is 12.6. The third-order valence-electron chi connectivity index (χ3n) is 7.25. The van der Waals surface area contributed by atoms with Gasteiger partial charge in [-0.05, 0) is 59.7 Å². The first-order valence-corrected chi connectivity index (χ1v) is 17.2. The lowest BCUT2D eigenvalue weighted by Crippen LogP contribution is -2.57. The average molecular weight is 759 g/mol. The van der Waals surface area contributed by atoms with Crippen molar-refractivity contribution in [2.75, 3.05) is 13.2 Å². The molecule has 20 nitrogen and oxygen atoms in total. The molecule has 0 aromatic heterocycles. The molecule has 0 aliphatic rings. The normalized spacial score (nSPS) is 11.6. The smallest absolute Gasteiger partial charge is 0.352 e. The number of rotatable bonds is 16. The van der Waals surface area contributed by atoms with Crippen LogP contribution in [0.15, 0.2) is 36.4 Å². The monoisotopic (exact) mass is 758 g/mol. The summed E-state index contributed by atoms with van der Waals surface area (Å²) in [6, 6.07) is 7.46. The molecule has 0 unspecified atom stereocenters. The van der Waals surface area contributed by atoms with Crippen molar-refractivity contribution in [1.29, 1.82) is 0 Å². The molecule has 2 atom stereocenters. The summed E-state index contributed by atoms with van der Waals surface area (Å²) < 4.78 is 11.7. The van der Waals surface area contributed by atoms with Gasteiger partial charge in [-0.2, -0.15) is 0 Å². The fourth-order valence-electron chi connectivity index (χ4n) is 4.53. The summed E-state index contributed by atoms with van der Waals surface area (Å²) in [7, 11) is 0. The lowest BCUT2D eigenvalue weighted by molar-refractivity contribution is -0.130. The van der Waals surface area contributed by atoms with Gasteiger partial charge in [0.25, 0.3) is 11.8 Å². The van der Waals surface area contributed by atoms with Gasteiger partial charge in [-0.15, -0.1) is 0 Å². The van der Waals surface area contributed by atoms with Crippen LogP contribution in [-0.4, -0.2) is 72.8 Å². The number of urea groups is 2. The molecule has 20 heteroatoms. The zero-order valence-corrected chi connectivity index (χ0v) is 31.1. The summed E-state index contributed by atoms with van der Waals surface area (Å²) in [6.07, 6.45) is 0.889. The van der Waals surface area contributed by atoms with Crippen LogP contribution >= 0.6 is 0 Å². The van der Waals surface area contributed by atoms with E-state index in [4.69, 9.17) is 9.47 Å². The van der Waals surface area contributed by atoms with Gasteiger partial charge in [0.15, 0.2) is 0 Å². The summed E-state index contributed by atoms with van der Waals surface area (Å²) in [5.41, 5.74) is 16.7. The van der Waals surface area contributed by atoms with E-state index in [0.29, 0.717) is 24.3 Å². The summed E-state index contributed by atoms with van der Waals surface area (Å²) in [5, 5.41) is 7.09. The Morgan fingerprint density at radius 3 is 1.24 bits per heavy atom. The van der Waals surface area contributed by atoms with Gasteiger partial charge in [0.1, 0.15) is 23.6 Å². The van der Waals surface area contributed by atoms with Crippen molar-refractivity contribution < 1.29 is 47.8 Å². The first kappa shape index (κ1) is 43.8. The average Bonchev–Trinajstić information content (AvgIpc) is 3.12. The lowest BCUT2D eigenvalue weighted by atomic mass is 10.0. The van der Waals surface area contributed by atoms with Crippen LogP contribution in [0.5, 0.6) is 11.5 Å². The van der Waals surface area contributed by atoms with Crippen LogP contribution in [0.1, 0.15) is 67.2 Å². The van der Waals surface area contributed by atoms with Crippen molar-refractivity contribution in [1.82, 2.24) is 54.0 Å². The molecule has 0 fully saturated rings. The minimum atomic E-state index is -0.923. The van der Waals surface area contributed by atoms with Crippen molar-refractivity contribution in [3.05, 3.63) is 36.4 Å². The Bertz CT molecular complexity index is 1540. The highest BCUT2D eigenvalue weighted by Crippen LogP contribution is 2.25. The Kier molecular flexibility index (Phi) is 18.3. The summed E-state index contributed by atoms with van der Waals surface area (Å²) in [5.74, 6) is -2.46. The first-order chi connectivity index (χ1) is 25.5. The van der Waals surface area contributed by atoms with Crippen molar-refractivity contribution >= 4 is 58.3 Å². The molecule has 2 aromatic carbocycles. The summed E-state index contributed by atoms with van der Waals surface area (Å²) in [4.78, 5) is 95.1. The number of benzene rings is 2. The highest BCUT2D eigenvalue weighted by Gasteiger charge is 2.25. The second-order valence-corrected chi connectivity index (χ2v) is 12.7. The highest BCUT2D eigenvalue weighted by atomic mass is 16.5. The van der Waals surface area contributed by atoms with Crippen LogP contribution < -0.4 is 63.5 Å². The molecule has 0 saturated heterocycles. The Hall–Kier alpha value is -6.34. The number of carbonyl (C=O) groups excluding carboxylic acids is 8. The maximum Gasteiger partial charge on any atom is 0.352 e. The number of nitrogens with one attached hydrogen (secondary N) is 10. The molecule has 0 aliphatic carbocycles. The number of hydrogen-bond acceptors (Lipinski definition) is 10. The molecule has 296 valence electrons. The van der Waals surface area contributed by atoms with Gasteiger partial charge in [0.05, 0.1) is 13.2 Å². The van der Waals surface area contributed by atoms with Crippen molar-refractivity contribution in [3.8, 4) is 11.5 Å². The second kappa shape index (κ2) is 22.6. The van der Waals surface area contributed by atoms with Gasteiger partial charge in [-0.25, -0.2) is 31.3 Å². The van der Waals surface area contributed by atoms with Crippen molar-refractivity contribution in [2.24, 2.45) is 11.8 Å². The third kappa shape index (κ3) is 16.8. The van der Waals surface area contributed by atoms with E-state index in [-0.39, 0.29) is 49.7 Å². The molecule has 0 bridgehead atoms. The molecule has 0 saturated carbocycles. The molecular formula is C34H50N10O10. The Labute approximate surface area is 312 Å². The fourth-order valence-corrected chi connectivity index (χ4v) is 4.53. The number of fused-ring (bicyclic) bond motifs is 1. The van der Waals surface area contributed by atoms with E-state index in [2.05, 4.69) is 43.2 Å². The third-order valence-corrected chi connectivity index (χ3v) is 7.25. The maximum absolute atomic E-state index is 12.6. The molecular weight excluding hydrogens is 708 g/mol. The van der Waals surface area contributed by atoms with Crippen LogP contribution in [0.3, 0.4) is 0 Å². The Morgan fingerprint density at radius 2 is 0.889 bits per heavy atom. The van der Waals surface area contributed by atoms with Crippen LogP contribution in [-0.2, 0) is 28.8 Å². The van der Waals surface area contributed by atoms with E-state index < -0.39 is 47.8 Å². The summed E-state index contributed by atoms with van der Waals surface area (Å²) >= 11 is 0. The highest BCUT2D eigenvalue weighted by molar-refractivity contribution is 5.90. The van der Waals surface area contributed by atoms with E-state index in [1.807, 2.05) is 35.1 Å². The van der Waals surface area contributed by atoms with E-state index in [1.54, 1.807) is 39.8 Å². The fraction of sp³-hybridized carbons (Fsp3) is 0.471. The molecule has 0 aliphatic heterocycles. The molecule has 2 rings (SSSR count). The summed E-state index contributed by atoms with van der Waals surface area (Å²) in [6.45, 7) is 9.78. The molecule has 10 N–H and O–H groups in total. The van der Waals surface area contributed by atoms with Gasteiger partial charge in [0, 0.05) is 26.7 Å². The largest absolute Gasteiger partial charge is 0.494 e. The predicted octanol–water partition coefficient (Wildman–Crippen LogP) is 0.202. The number of carbonyl (C=O) groups is 8. The van der Waals surface area contributed by atoms with E-state index in [9.17, 15) is 38.4 Å². The zero-order valence-electron chi connectivity index (χ0n) is 31.1. The Morgan fingerprint density at radius 1 is 0.519 bits per heavy atom. The molecule has 54 heavy (non-hydrogen) atoms. The van der Waals surface area contributed by atoms with Gasteiger partial charge >= 0.3 is 12.1 Å². The van der Waals surface area contributed by atoms with Gasteiger partial charge in [0.2, 0.25) is 23.6 Å². The van der Waals surface area contributed by atoms with Crippen LogP contribution in [0.25, 0.3) is 10.8 Å². The van der Waals surface area contributed by atoms with E-state index in [0.717, 1.165) is 10.8 Å². The zero-order chi connectivity index (χ0) is 40.2. The number of hydrazine groups is 4. The molecule has 0 spiro atoms. The topological polar surface area (TPSA) is 275 Å². The SMILES string of the molecule is CC(=O)NNC(=O)NNC(=O)[C@@H](NC(=O)CCCOc1ccc2ccc(OCCCC(=O)N[C@H](C(=O)NNC(=O)NNC(C)=O)C(C)C)cc2c1)C(C)C. The van der Waals surface area contributed by atoms with Crippen LogP contribution in [0.2, 0.25) is 0 Å². The van der Waals surface area contributed by atoms with E-state index >= 15 is 0 Å². The first-order valence-electron chi connectivity index (χ1n) is 17.2. The minimum Gasteiger partial charge on any atom is -0.494 e. The van der Waals surface area contributed by atoms with Gasteiger partial charge in [-0.3, -0.25) is 50.5 Å². The number of hydrogen-bond donors (Lipinski definition) is 10. The Balaban J connectivity index is 1.78. The second-order valence-electron chi connectivity index (χ2n) is 12.7. The number of amides is 10. The van der Waals surface area contributed by atoms with Crippen molar-refractivity contribution in [3.63, 3.8) is 0 Å². The van der Waals surface area contributed by atoms with Gasteiger partial charge in [-0.1, -0.05) is 39.8 Å². The van der Waals surface area contributed by atoms with Gasteiger partial charge < -0.3 is 20.1 Å². The van der Waals surface area contributed by atoms with Crippen LogP contribution in [0.4, 0.5) is 9.59 Å². The van der Waals surface area contributed by atoms with Crippen molar-refractivity contribution in [2.45, 2.75) is 79.3 Å². The van der Waals surface area contributed by atoms with E-state index in [1.165, 1.54) is 13.8 Å². The molecule has 0 heterocycles. The standard InChI is InChI=1S/C34H50N10O10/c1-19(2)29(31(49)39-43-33(51)41-37-21(5)45)35-27(47)9-7-15-53-25-13-11-23-12-14-26(18-24(23)17-25)54-16-8-10-28(48)36-30(20(3)4)32(50)40-44-34(52)42-38-22(6)46/h11-14,17-20,29-30H,7-10,15-16H2,1-6H3,(H,35,47)(H,36,48)(H,37,45)(H,38,46)(H,39,49)(H,40,50)(H2,41,43,51)(H2,42,44,52)/t29-,30-/m0/s1. The molecule has 0 radical (unpaired) electrons. The quantitative estimate of drug-likeness (QED) is 0.0821. The predicted molar refractivity (Wildman–Crippen MR) is 194 cm³/mol. The molecule has 10 amide bonds.